The number of benzene rings is 3. The molecule has 0 unspecified atom stereocenters. The van der Waals surface area contributed by atoms with Crippen molar-refractivity contribution in [3.05, 3.63) is 91.1 Å². The third-order valence-electron chi connectivity index (χ3n) is 5.42. The van der Waals surface area contributed by atoms with Crippen molar-refractivity contribution >= 4 is 50.3 Å². The molecule has 0 bridgehead atoms. The molecule has 0 spiro atoms. The molecule has 1 aromatic heterocycles. The van der Waals surface area contributed by atoms with E-state index in [1.54, 1.807) is 54.7 Å². The molecule has 0 radical (unpaired) electrons. The van der Waals surface area contributed by atoms with E-state index in [9.17, 15) is 26.4 Å². The van der Waals surface area contributed by atoms with E-state index in [1.165, 1.54) is 24.3 Å². The van der Waals surface area contributed by atoms with Crippen molar-refractivity contribution in [3.63, 3.8) is 0 Å². The molecule has 0 fully saturated rings. The first-order chi connectivity index (χ1) is 18.9. The van der Waals surface area contributed by atoms with E-state index in [0.29, 0.717) is 17.2 Å². The van der Waals surface area contributed by atoms with Crippen molar-refractivity contribution in [3.8, 4) is 5.75 Å². The highest BCUT2D eigenvalue weighted by atomic mass is 32.2. The van der Waals surface area contributed by atoms with Crippen LogP contribution < -0.4 is 30.7 Å². The summed E-state index contributed by atoms with van der Waals surface area (Å²) >= 11 is 0. The number of sulfonamides is 1. The number of nitrogens with two attached hydrogens (primary N) is 1. The summed E-state index contributed by atoms with van der Waals surface area (Å²) in [7, 11) is -2.01. The van der Waals surface area contributed by atoms with Crippen LogP contribution in [0.4, 0.5) is 52.2 Å². The van der Waals surface area contributed by atoms with Crippen molar-refractivity contribution in [1.82, 2.24) is 4.98 Å². The zero-order chi connectivity index (χ0) is 28.9. The van der Waals surface area contributed by atoms with Crippen LogP contribution in [0.3, 0.4) is 0 Å². The van der Waals surface area contributed by atoms with Gasteiger partial charge < -0.3 is 25.6 Å². The minimum atomic E-state index is -4.80. The monoisotopic (exact) mass is 572 g/mol. The number of pyridine rings is 1. The summed E-state index contributed by atoms with van der Waals surface area (Å²) in [5.74, 6) is 0.0791. The van der Waals surface area contributed by atoms with Crippen molar-refractivity contribution in [2.75, 3.05) is 27.9 Å². The maximum Gasteiger partial charge on any atom is 0.573 e. The Morgan fingerprint density at radius 2 is 1.50 bits per heavy atom. The molecule has 3 aromatic carbocycles. The molecule has 0 saturated heterocycles. The number of nitrogens with zero attached hydrogens (tertiary/aromatic N) is 2. The molecule has 0 atom stereocenters. The highest BCUT2D eigenvalue weighted by Gasteiger charge is 2.31. The van der Waals surface area contributed by atoms with Gasteiger partial charge in [0.1, 0.15) is 11.6 Å². The van der Waals surface area contributed by atoms with Crippen LogP contribution in [0.25, 0.3) is 0 Å². The number of amides is 2. The van der Waals surface area contributed by atoms with Gasteiger partial charge in [0.05, 0.1) is 4.90 Å². The molecule has 40 heavy (non-hydrogen) atoms. The molecule has 208 valence electrons. The van der Waals surface area contributed by atoms with Gasteiger partial charge in [0, 0.05) is 47.7 Å². The van der Waals surface area contributed by atoms with E-state index < -0.39 is 28.2 Å². The molecule has 0 saturated carbocycles. The number of alkyl halides is 3. The summed E-state index contributed by atoms with van der Waals surface area (Å²) in [5.41, 5.74) is 2.83. The van der Waals surface area contributed by atoms with Gasteiger partial charge >= 0.3 is 12.4 Å². The number of rotatable bonds is 8. The molecule has 4 rings (SSSR count). The van der Waals surface area contributed by atoms with Crippen LogP contribution in [0.2, 0.25) is 0 Å². The minimum Gasteiger partial charge on any atom is -0.406 e. The number of urea groups is 1. The lowest BCUT2D eigenvalue weighted by atomic mass is 10.2. The average Bonchev–Trinajstić information content (AvgIpc) is 2.89. The van der Waals surface area contributed by atoms with Gasteiger partial charge in [0.15, 0.2) is 0 Å². The van der Waals surface area contributed by atoms with Crippen molar-refractivity contribution in [2.24, 2.45) is 5.14 Å². The average molecular weight is 573 g/mol. The number of carbonyl (C=O) groups excluding carboxylic acids is 1. The summed E-state index contributed by atoms with van der Waals surface area (Å²) in [6, 6.07) is 20.7. The van der Waals surface area contributed by atoms with Gasteiger partial charge in [-0.1, -0.05) is 6.07 Å². The first-order valence-corrected chi connectivity index (χ1v) is 13.0. The highest BCUT2D eigenvalue weighted by Crippen LogP contribution is 2.28. The fraction of sp³-hybridized carbons (Fsp3) is 0.0769. The number of hydrogen-bond acceptors (Lipinski definition) is 7. The van der Waals surface area contributed by atoms with E-state index in [-0.39, 0.29) is 10.6 Å². The summed E-state index contributed by atoms with van der Waals surface area (Å²) in [5, 5.41) is 13.4. The van der Waals surface area contributed by atoms with Crippen LogP contribution in [0.1, 0.15) is 0 Å². The second kappa shape index (κ2) is 11.5. The normalized spacial score (nSPS) is 11.4. The first-order valence-electron chi connectivity index (χ1n) is 11.5. The van der Waals surface area contributed by atoms with Gasteiger partial charge in [0.25, 0.3) is 0 Å². The zero-order valence-electron chi connectivity index (χ0n) is 20.8. The Morgan fingerprint density at radius 3 is 2.10 bits per heavy atom. The second-order valence-electron chi connectivity index (χ2n) is 8.35. The Bertz CT molecular complexity index is 1600. The van der Waals surface area contributed by atoms with Gasteiger partial charge in [-0.05, 0) is 72.8 Å². The molecule has 1 heterocycles. The van der Waals surface area contributed by atoms with Gasteiger partial charge in [-0.15, -0.1) is 13.2 Å². The molecule has 14 heteroatoms. The number of hydrogen-bond donors (Lipinski definition) is 4. The topological polar surface area (TPSA) is 139 Å². The minimum absolute atomic E-state index is 0.0263. The standard InChI is InChI=1S/C26H23F3N6O4S/c1-35(21-13-14-31-24(16-21)32-19-3-2-4-23(15-19)40(30,37)38)20-9-5-17(6-10-20)33-25(36)34-18-7-11-22(12-8-18)39-26(27,28)29/h2-16H,1H3,(H,31,32)(H2,30,37,38)(H2,33,34,36). The smallest absolute Gasteiger partial charge is 0.406 e. The Morgan fingerprint density at radius 1 is 0.875 bits per heavy atom. The summed E-state index contributed by atoms with van der Waals surface area (Å²) in [6.07, 6.45) is -3.20. The Hall–Kier alpha value is -4.82. The van der Waals surface area contributed by atoms with Crippen molar-refractivity contribution in [2.45, 2.75) is 11.3 Å². The van der Waals surface area contributed by atoms with Gasteiger partial charge in [-0.2, -0.15) is 0 Å². The Labute approximate surface area is 227 Å². The maximum atomic E-state index is 12.3. The Kier molecular flexibility index (Phi) is 8.11. The van der Waals surface area contributed by atoms with Crippen molar-refractivity contribution in [1.29, 1.82) is 0 Å². The molecule has 0 aliphatic carbocycles. The van der Waals surface area contributed by atoms with Gasteiger partial charge in [0.2, 0.25) is 10.0 Å². The van der Waals surface area contributed by atoms with Gasteiger partial charge in [-0.3, -0.25) is 0 Å². The molecular weight excluding hydrogens is 549 g/mol. The molecule has 5 N–H and O–H groups in total. The van der Waals surface area contributed by atoms with Crippen LogP contribution in [0.15, 0.2) is 96.0 Å². The number of nitrogens with one attached hydrogen (secondary N) is 3. The van der Waals surface area contributed by atoms with Crippen LogP contribution in [-0.4, -0.2) is 32.8 Å². The number of carbonyl (C=O) groups is 1. The molecule has 0 aliphatic heterocycles. The van der Waals surface area contributed by atoms with E-state index in [2.05, 4.69) is 25.7 Å². The number of primary sulfonamides is 1. The number of ether oxygens (including phenoxy) is 1. The van der Waals surface area contributed by atoms with Gasteiger partial charge in [-0.25, -0.2) is 23.3 Å². The first kappa shape index (κ1) is 28.2. The maximum absolute atomic E-state index is 12.3. The quantitative estimate of drug-likeness (QED) is 0.210. The predicted octanol–water partition coefficient (Wildman–Crippen LogP) is 5.78. The van der Waals surface area contributed by atoms with E-state index in [0.717, 1.165) is 23.5 Å². The molecule has 0 aliphatic rings. The largest absolute Gasteiger partial charge is 0.573 e. The molecule has 2 amide bonds. The second-order valence-corrected chi connectivity index (χ2v) is 9.92. The van der Waals surface area contributed by atoms with Crippen LogP contribution in [0, 0.1) is 0 Å². The van der Waals surface area contributed by atoms with E-state index in [4.69, 9.17) is 5.14 Å². The molecule has 4 aromatic rings. The zero-order valence-corrected chi connectivity index (χ0v) is 21.6. The SMILES string of the molecule is CN(c1ccc(NC(=O)Nc2ccc(OC(F)(F)F)cc2)cc1)c1ccnc(Nc2cccc(S(N)(=O)=O)c2)c1. The lowest BCUT2D eigenvalue weighted by Crippen LogP contribution is -2.20. The number of anilines is 6. The van der Waals surface area contributed by atoms with E-state index in [1.807, 2.05) is 11.9 Å². The van der Waals surface area contributed by atoms with E-state index >= 15 is 0 Å². The molecular formula is C26H23F3N6O4S. The number of aromatic nitrogens is 1. The third-order valence-corrected chi connectivity index (χ3v) is 6.34. The fourth-order valence-corrected chi connectivity index (χ4v) is 4.11. The highest BCUT2D eigenvalue weighted by molar-refractivity contribution is 7.89. The summed E-state index contributed by atoms with van der Waals surface area (Å²) in [4.78, 5) is 18.4. The summed E-state index contributed by atoms with van der Waals surface area (Å²) < 4.78 is 63.9. The lowest BCUT2D eigenvalue weighted by Gasteiger charge is -2.20. The fourth-order valence-electron chi connectivity index (χ4n) is 3.55. The predicted molar refractivity (Wildman–Crippen MR) is 146 cm³/mol. The van der Waals surface area contributed by atoms with Crippen LogP contribution >= 0.6 is 0 Å². The van der Waals surface area contributed by atoms with Crippen molar-refractivity contribution < 1.29 is 31.1 Å². The van der Waals surface area contributed by atoms with Crippen LogP contribution in [-0.2, 0) is 10.0 Å². The Balaban J connectivity index is 1.37. The van der Waals surface area contributed by atoms with Crippen LogP contribution in [0.5, 0.6) is 5.75 Å². The summed E-state index contributed by atoms with van der Waals surface area (Å²) in [6.45, 7) is 0. The number of halogens is 3. The third kappa shape index (κ3) is 7.85. The molecule has 10 nitrogen and oxygen atoms in total. The lowest BCUT2D eigenvalue weighted by molar-refractivity contribution is -0.274.